The van der Waals surface area contributed by atoms with Crippen LogP contribution in [-0.4, -0.2) is 34.9 Å². The molecule has 0 unspecified atom stereocenters. The number of carbonyl (C=O) groups is 1. The van der Waals surface area contributed by atoms with Crippen LogP contribution < -0.4 is 5.32 Å². The third-order valence-electron chi connectivity index (χ3n) is 2.73. The minimum Gasteiger partial charge on any atom is -0.394 e. The summed E-state index contributed by atoms with van der Waals surface area (Å²) in [6.45, 7) is 2.91. The second-order valence-corrected chi connectivity index (χ2v) is 4.56. The zero-order valence-corrected chi connectivity index (χ0v) is 10.7. The Morgan fingerprint density at radius 1 is 1.33 bits per heavy atom. The molecule has 98 valence electrons. The van der Waals surface area contributed by atoms with Crippen molar-refractivity contribution in [3.8, 4) is 0 Å². The van der Waals surface area contributed by atoms with Gasteiger partial charge in [-0.3, -0.25) is 4.79 Å². The molecule has 0 aliphatic rings. The summed E-state index contributed by atoms with van der Waals surface area (Å²) in [5, 5.41) is 20.7. The van der Waals surface area contributed by atoms with E-state index in [4.69, 9.17) is 10.2 Å². The maximum absolute atomic E-state index is 11.6. The molecule has 1 rings (SSSR count). The molecule has 0 spiro atoms. The van der Waals surface area contributed by atoms with E-state index in [2.05, 4.69) is 5.32 Å². The van der Waals surface area contributed by atoms with Crippen LogP contribution >= 0.6 is 0 Å². The second-order valence-electron chi connectivity index (χ2n) is 4.56. The first-order valence-corrected chi connectivity index (χ1v) is 5.78. The molecule has 0 aliphatic heterocycles. The van der Waals surface area contributed by atoms with E-state index >= 15 is 0 Å². The molecule has 0 aliphatic carbocycles. The number of carbonyl (C=O) groups excluding carboxylic acids is 1. The van der Waals surface area contributed by atoms with Crippen molar-refractivity contribution in [3.63, 3.8) is 0 Å². The zero-order chi connectivity index (χ0) is 13.6. The molecule has 1 aromatic carbocycles. The molecule has 0 saturated carbocycles. The number of rotatable bonds is 5. The van der Waals surface area contributed by atoms with Crippen LogP contribution in [0, 0.1) is 6.92 Å². The monoisotopic (exact) mass is 249 g/mol. The van der Waals surface area contributed by atoms with Gasteiger partial charge in [0.2, 0.25) is 5.91 Å². The van der Waals surface area contributed by atoms with Gasteiger partial charge in [-0.05, 0) is 31.1 Å². The number of aliphatic hydroxyl groups excluding tert-OH is 2. The van der Waals surface area contributed by atoms with Crippen molar-refractivity contribution in [1.29, 1.82) is 0 Å². The van der Waals surface area contributed by atoms with Crippen LogP contribution in [0.5, 0.6) is 0 Å². The summed E-state index contributed by atoms with van der Waals surface area (Å²) in [7, 11) is 0. The zero-order valence-electron chi connectivity index (χ0n) is 10.7. The molecular weight excluding hydrogens is 230 g/mol. The Labute approximate surface area is 107 Å². The number of nitrogens with one attached hydrogen (secondary N) is 1. The van der Waals surface area contributed by atoms with E-state index in [0.29, 0.717) is 0 Å². The van der Waals surface area contributed by atoms with E-state index in [-0.39, 0.29) is 19.1 Å². The SMILES string of the molecule is Cc1ccccc1/C=C/C(=O)NC(C)(CO)CO. The number of aliphatic hydroxyl groups is 2. The van der Waals surface area contributed by atoms with Gasteiger partial charge in [0.15, 0.2) is 0 Å². The van der Waals surface area contributed by atoms with E-state index in [0.717, 1.165) is 11.1 Å². The topological polar surface area (TPSA) is 69.6 Å². The smallest absolute Gasteiger partial charge is 0.244 e. The summed E-state index contributed by atoms with van der Waals surface area (Å²) in [6, 6.07) is 7.71. The first kappa shape index (κ1) is 14.4. The fourth-order valence-electron chi connectivity index (χ4n) is 1.41. The second kappa shape index (κ2) is 6.33. The molecular formula is C14H19NO3. The number of hydrogen-bond donors (Lipinski definition) is 3. The van der Waals surface area contributed by atoms with Crippen LogP contribution in [0.4, 0.5) is 0 Å². The summed E-state index contributed by atoms with van der Waals surface area (Å²) in [6.07, 6.45) is 3.10. The molecule has 0 fully saturated rings. The average molecular weight is 249 g/mol. The van der Waals surface area contributed by atoms with Gasteiger partial charge in [-0.15, -0.1) is 0 Å². The number of amides is 1. The highest BCUT2D eigenvalue weighted by atomic mass is 16.3. The van der Waals surface area contributed by atoms with E-state index in [1.807, 2.05) is 31.2 Å². The highest BCUT2D eigenvalue weighted by Crippen LogP contribution is 2.09. The van der Waals surface area contributed by atoms with E-state index < -0.39 is 5.54 Å². The van der Waals surface area contributed by atoms with Crippen LogP contribution in [-0.2, 0) is 4.79 Å². The molecule has 0 bridgehead atoms. The first-order valence-electron chi connectivity index (χ1n) is 5.78. The summed E-state index contributed by atoms with van der Waals surface area (Å²) in [4.78, 5) is 11.6. The summed E-state index contributed by atoms with van der Waals surface area (Å²) in [5.74, 6) is -0.344. The van der Waals surface area contributed by atoms with Gasteiger partial charge >= 0.3 is 0 Å². The van der Waals surface area contributed by atoms with Crippen molar-refractivity contribution in [3.05, 3.63) is 41.5 Å². The third-order valence-corrected chi connectivity index (χ3v) is 2.73. The van der Waals surface area contributed by atoms with Crippen molar-refractivity contribution in [2.24, 2.45) is 0 Å². The van der Waals surface area contributed by atoms with E-state index in [9.17, 15) is 4.79 Å². The highest BCUT2D eigenvalue weighted by molar-refractivity contribution is 5.92. The van der Waals surface area contributed by atoms with E-state index in [1.54, 1.807) is 13.0 Å². The predicted molar refractivity (Wildman–Crippen MR) is 70.9 cm³/mol. The van der Waals surface area contributed by atoms with Gasteiger partial charge in [0, 0.05) is 6.08 Å². The van der Waals surface area contributed by atoms with Gasteiger partial charge in [0.05, 0.1) is 18.8 Å². The quantitative estimate of drug-likeness (QED) is 0.678. The Balaban J connectivity index is 2.68. The fourth-order valence-corrected chi connectivity index (χ4v) is 1.41. The number of hydrogen-bond acceptors (Lipinski definition) is 3. The Hall–Kier alpha value is -1.65. The fraction of sp³-hybridized carbons (Fsp3) is 0.357. The van der Waals surface area contributed by atoms with E-state index in [1.165, 1.54) is 6.08 Å². The van der Waals surface area contributed by atoms with Crippen molar-refractivity contribution < 1.29 is 15.0 Å². The normalized spacial score (nSPS) is 11.8. The van der Waals surface area contributed by atoms with Crippen molar-refractivity contribution in [2.45, 2.75) is 19.4 Å². The van der Waals surface area contributed by atoms with Crippen LogP contribution in [0.2, 0.25) is 0 Å². The highest BCUT2D eigenvalue weighted by Gasteiger charge is 2.23. The maximum Gasteiger partial charge on any atom is 0.244 e. The first-order chi connectivity index (χ1) is 8.50. The summed E-state index contributed by atoms with van der Waals surface area (Å²) >= 11 is 0. The van der Waals surface area contributed by atoms with Gasteiger partial charge < -0.3 is 15.5 Å². The number of aryl methyl sites for hydroxylation is 1. The number of benzene rings is 1. The Kier molecular flexibility index (Phi) is 5.07. The molecule has 0 heterocycles. The lowest BCUT2D eigenvalue weighted by molar-refractivity contribution is -0.119. The van der Waals surface area contributed by atoms with Crippen LogP contribution in [0.1, 0.15) is 18.1 Å². The lowest BCUT2D eigenvalue weighted by Crippen LogP contribution is -2.51. The van der Waals surface area contributed by atoms with Gasteiger partial charge in [-0.25, -0.2) is 0 Å². The van der Waals surface area contributed by atoms with Crippen LogP contribution in [0.3, 0.4) is 0 Å². The molecule has 1 amide bonds. The summed E-state index contributed by atoms with van der Waals surface area (Å²) in [5.41, 5.74) is 1.05. The minimum absolute atomic E-state index is 0.312. The molecule has 3 N–H and O–H groups in total. The Morgan fingerprint density at radius 3 is 2.50 bits per heavy atom. The molecule has 0 atom stereocenters. The van der Waals surface area contributed by atoms with Crippen LogP contribution in [0.15, 0.2) is 30.3 Å². The standard InChI is InChI=1S/C14H19NO3/c1-11-5-3-4-6-12(11)7-8-13(18)15-14(2,9-16)10-17/h3-8,16-17H,9-10H2,1-2H3,(H,15,18)/b8-7+. The Bertz CT molecular complexity index is 436. The predicted octanol–water partition coefficient (Wildman–Crippen LogP) is 0.868. The van der Waals surface area contributed by atoms with Gasteiger partial charge in [-0.1, -0.05) is 24.3 Å². The van der Waals surface area contributed by atoms with Crippen molar-refractivity contribution >= 4 is 12.0 Å². The molecule has 0 aromatic heterocycles. The molecule has 0 saturated heterocycles. The minimum atomic E-state index is -0.993. The van der Waals surface area contributed by atoms with Crippen LogP contribution in [0.25, 0.3) is 6.08 Å². The molecule has 4 nitrogen and oxygen atoms in total. The molecule has 1 aromatic rings. The Morgan fingerprint density at radius 2 is 1.94 bits per heavy atom. The lowest BCUT2D eigenvalue weighted by Gasteiger charge is -2.25. The summed E-state index contributed by atoms with van der Waals surface area (Å²) < 4.78 is 0. The molecule has 4 heteroatoms. The van der Waals surface area contributed by atoms with Crippen molar-refractivity contribution in [1.82, 2.24) is 5.32 Å². The average Bonchev–Trinajstić information content (AvgIpc) is 2.37. The lowest BCUT2D eigenvalue weighted by atomic mass is 10.1. The molecule has 18 heavy (non-hydrogen) atoms. The van der Waals surface area contributed by atoms with Gasteiger partial charge in [0.25, 0.3) is 0 Å². The van der Waals surface area contributed by atoms with Gasteiger partial charge in [0.1, 0.15) is 0 Å². The molecule has 0 radical (unpaired) electrons. The van der Waals surface area contributed by atoms with Crippen molar-refractivity contribution in [2.75, 3.05) is 13.2 Å². The largest absolute Gasteiger partial charge is 0.394 e. The third kappa shape index (κ3) is 3.98. The van der Waals surface area contributed by atoms with Gasteiger partial charge in [-0.2, -0.15) is 0 Å². The maximum atomic E-state index is 11.6.